The number of thioether (sulfide) groups is 7. The number of hydrogen-bond donors (Lipinski definition) is 8. The third-order valence-electron chi connectivity index (χ3n) is 2.87. The average Bonchev–Trinajstić information content (AvgIpc) is 2.62. The van der Waals surface area contributed by atoms with Crippen LogP contribution in [0.15, 0.2) is 0 Å². The Hall–Kier alpha value is 0.330. The molecule has 15 heteroatoms. The zero-order valence-corrected chi connectivity index (χ0v) is 21.8. The molecule has 0 radical (unpaired) electrons. The zero-order valence-electron chi connectivity index (χ0n) is 16.1. The van der Waals surface area contributed by atoms with Crippen molar-refractivity contribution in [2.45, 2.75) is 10.5 Å². The number of nitrogens with two attached hydrogens (primary N) is 6. The molecular formula is C14H32N8S7+2. The van der Waals surface area contributed by atoms with Crippen molar-refractivity contribution in [3.8, 4) is 0 Å². The van der Waals surface area contributed by atoms with Gasteiger partial charge in [-0.3, -0.25) is 33.1 Å². The molecule has 14 N–H and O–H groups in total. The van der Waals surface area contributed by atoms with E-state index < -0.39 is 0 Å². The van der Waals surface area contributed by atoms with Crippen LogP contribution in [0.4, 0.5) is 0 Å². The Kier molecular flexibility index (Phi) is 19.3. The Morgan fingerprint density at radius 2 is 1.00 bits per heavy atom. The molecule has 0 rings (SSSR count). The minimum atomic E-state index is 0.147. The fourth-order valence-corrected chi connectivity index (χ4v) is 9.00. The first-order chi connectivity index (χ1) is 13.7. The molecule has 0 amide bonds. The molecule has 8 nitrogen and oxygen atoms in total. The number of hydrogen-bond acceptors (Lipinski definition) is 9. The van der Waals surface area contributed by atoms with Crippen LogP contribution in [0.1, 0.15) is 0 Å². The lowest BCUT2D eigenvalue weighted by Crippen LogP contribution is -2.43. The largest absolute Gasteiger partial charge is 0.379 e. The summed E-state index contributed by atoms with van der Waals surface area (Å²) < 4.78 is 0. The summed E-state index contributed by atoms with van der Waals surface area (Å²) in [5.74, 6) is 7.17. The molecule has 0 bridgehead atoms. The normalized spacial score (nSPS) is 13.0. The van der Waals surface area contributed by atoms with Crippen LogP contribution in [-0.2, 0) is 0 Å². The highest BCUT2D eigenvalue weighted by molar-refractivity contribution is 8.16. The molecule has 168 valence electrons. The van der Waals surface area contributed by atoms with Crippen molar-refractivity contribution in [3.05, 3.63) is 0 Å². The van der Waals surface area contributed by atoms with Crippen molar-refractivity contribution in [1.29, 1.82) is 10.8 Å². The fraction of sp³-hybridized carbons (Fsp3) is 0.714. The molecule has 2 atom stereocenters. The predicted molar refractivity (Wildman–Crippen MR) is 146 cm³/mol. The first kappa shape index (κ1) is 29.3. The minimum absolute atomic E-state index is 0.147. The van der Waals surface area contributed by atoms with Gasteiger partial charge in [-0.05, 0) is 23.5 Å². The van der Waals surface area contributed by atoms with Gasteiger partial charge in [0.25, 0.3) is 10.3 Å². The molecule has 0 saturated heterocycles. The van der Waals surface area contributed by atoms with Crippen molar-refractivity contribution in [1.82, 2.24) is 0 Å². The molecular weight excluding hydrogens is 505 g/mol. The molecule has 0 aromatic carbocycles. The van der Waals surface area contributed by atoms with E-state index in [-0.39, 0.29) is 10.3 Å². The maximum atomic E-state index is 7.45. The Labute approximate surface area is 202 Å². The maximum absolute atomic E-state index is 7.45. The topological polar surface area (TPSA) is 203 Å². The molecule has 0 aliphatic heterocycles. The quantitative estimate of drug-likeness (QED) is 0.0667. The standard InChI is InChI=1S/C14H30N8S7/c15-11(16)26-3-1-24-9(7-28-13(19)20)5-23-6-10(8-29-14(21)22)25-2-4-27-12(17)18/h9-10H,1-8H2,(H3,15,16)(H3,17,18)(H3,19,20)(H3,21,22)/p+2. The smallest absolute Gasteiger partial charge is 0.299 e. The third kappa shape index (κ3) is 21.4. The van der Waals surface area contributed by atoms with E-state index in [0.29, 0.717) is 20.8 Å². The first-order valence-electron chi connectivity index (χ1n) is 8.46. The van der Waals surface area contributed by atoms with Crippen LogP contribution in [0.25, 0.3) is 0 Å². The highest BCUT2D eigenvalue weighted by atomic mass is 32.2. The van der Waals surface area contributed by atoms with Gasteiger partial charge >= 0.3 is 0 Å². The molecule has 2 unspecified atom stereocenters. The Morgan fingerprint density at radius 3 is 1.31 bits per heavy atom. The van der Waals surface area contributed by atoms with Crippen molar-refractivity contribution in [3.63, 3.8) is 0 Å². The van der Waals surface area contributed by atoms with E-state index in [2.05, 4.69) is 0 Å². The van der Waals surface area contributed by atoms with Crippen LogP contribution in [0.2, 0.25) is 0 Å². The summed E-state index contributed by atoms with van der Waals surface area (Å²) in [5, 5.41) is 27.7. The van der Waals surface area contributed by atoms with Gasteiger partial charge in [0.1, 0.15) is 0 Å². The van der Waals surface area contributed by atoms with Gasteiger partial charge < -0.3 is 11.5 Å². The molecule has 0 heterocycles. The van der Waals surface area contributed by atoms with Crippen LogP contribution in [0.5, 0.6) is 0 Å². The van der Waals surface area contributed by atoms with E-state index in [9.17, 15) is 0 Å². The lowest BCUT2D eigenvalue weighted by molar-refractivity contribution is -0.110. The second-order valence-electron chi connectivity index (χ2n) is 5.38. The lowest BCUT2D eigenvalue weighted by atomic mass is 10.5. The Balaban J connectivity index is 4.41. The summed E-state index contributed by atoms with van der Waals surface area (Å²) in [5.41, 5.74) is 22.0. The van der Waals surface area contributed by atoms with Gasteiger partial charge in [-0.2, -0.15) is 35.3 Å². The van der Waals surface area contributed by atoms with Gasteiger partial charge in [-0.25, -0.2) is 0 Å². The van der Waals surface area contributed by atoms with E-state index in [4.69, 9.17) is 44.6 Å². The fourth-order valence-electron chi connectivity index (χ4n) is 1.73. The average molecular weight is 537 g/mol. The summed E-state index contributed by atoms with van der Waals surface area (Å²) in [6, 6.07) is 0. The van der Waals surface area contributed by atoms with Crippen molar-refractivity contribution in [2.24, 2.45) is 22.9 Å². The SMILES string of the molecule is N=C(N)SCC(CSCC(CSC(=N)N)SCCSC(N)=[NH2+])SCCSC(N)=[NH2+]. The molecule has 0 fully saturated rings. The highest BCUT2D eigenvalue weighted by Gasteiger charge is 2.15. The van der Waals surface area contributed by atoms with Crippen LogP contribution in [0, 0.1) is 10.8 Å². The first-order valence-corrected chi connectivity index (χ1v) is 15.7. The van der Waals surface area contributed by atoms with Gasteiger partial charge in [0.15, 0.2) is 10.3 Å². The van der Waals surface area contributed by atoms with E-state index in [1.165, 1.54) is 47.0 Å². The number of amidine groups is 4. The third-order valence-corrected chi connectivity index (χ3v) is 11.2. The van der Waals surface area contributed by atoms with Crippen LogP contribution >= 0.6 is 82.3 Å². The van der Waals surface area contributed by atoms with Crippen LogP contribution in [-0.4, -0.2) is 77.2 Å². The molecule has 0 aliphatic carbocycles. The maximum Gasteiger partial charge on any atom is 0.299 e. The van der Waals surface area contributed by atoms with E-state index in [1.807, 2.05) is 35.3 Å². The molecule has 0 aromatic heterocycles. The minimum Gasteiger partial charge on any atom is -0.379 e. The van der Waals surface area contributed by atoms with Crippen molar-refractivity contribution < 1.29 is 10.8 Å². The number of nitrogens with one attached hydrogen (secondary N) is 2. The molecule has 0 saturated carbocycles. The Morgan fingerprint density at radius 1 is 0.621 bits per heavy atom. The van der Waals surface area contributed by atoms with Crippen LogP contribution < -0.4 is 33.8 Å². The van der Waals surface area contributed by atoms with Gasteiger partial charge in [0, 0.05) is 56.5 Å². The lowest BCUT2D eigenvalue weighted by Gasteiger charge is -2.19. The zero-order chi connectivity index (χ0) is 22.1. The van der Waals surface area contributed by atoms with Crippen molar-refractivity contribution in [2.75, 3.05) is 46.0 Å². The summed E-state index contributed by atoms with van der Waals surface area (Å²) in [6.07, 6.45) is 0. The van der Waals surface area contributed by atoms with Gasteiger partial charge in [-0.1, -0.05) is 23.5 Å². The summed E-state index contributed by atoms with van der Waals surface area (Å²) in [7, 11) is 0. The summed E-state index contributed by atoms with van der Waals surface area (Å²) in [4.78, 5) is 0. The predicted octanol–water partition coefficient (Wildman–Crippen LogP) is -1.21. The van der Waals surface area contributed by atoms with Crippen molar-refractivity contribution >= 4 is 103 Å². The highest BCUT2D eigenvalue weighted by Crippen LogP contribution is 2.26. The summed E-state index contributed by atoms with van der Waals surface area (Å²) >= 11 is 11.3. The summed E-state index contributed by atoms with van der Waals surface area (Å²) in [6.45, 7) is 0. The van der Waals surface area contributed by atoms with Gasteiger partial charge in [0.05, 0.1) is 0 Å². The van der Waals surface area contributed by atoms with Gasteiger partial charge in [-0.15, -0.1) is 0 Å². The van der Waals surface area contributed by atoms with E-state index >= 15 is 0 Å². The van der Waals surface area contributed by atoms with Crippen LogP contribution in [0.3, 0.4) is 0 Å². The Bertz CT molecular complexity index is 478. The number of rotatable bonds is 16. The second-order valence-corrected chi connectivity index (χ2v) is 13.7. The molecule has 0 aromatic rings. The second kappa shape index (κ2) is 19.0. The van der Waals surface area contributed by atoms with E-state index in [0.717, 1.165) is 46.0 Å². The molecule has 29 heavy (non-hydrogen) atoms. The molecule has 0 spiro atoms. The van der Waals surface area contributed by atoms with E-state index in [1.54, 1.807) is 0 Å². The monoisotopic (exact) mass is 536 g/mol. The van der Waals surface area contributed by atoms with Gasteiger partial charge in [0.2, 0.25) is 0 Å². The molecule has 0 aliphatic rings.